The zero-order chi connectivity index (χ0) is 39.4. The molecule has 11 nitrogen and oxygen atoms in total. The minimum absolute atomic E-state index is 0.126. The van der Waals surface area contributed by atoms with Crippen LogP contribution in [-0.4, -0.2) is 100 Å². The Balaban J connectivity index is 2.22. The Kier molecular flexibility index (Phi) is 26.2. The number of hydrogen-bond donors (Lipinski definition) is 4. The lowest BCUT2D eigenvalue weighted by molar-refractivity contribution is -0.244. The van der Waals surface area contributed by atoms with Crippen LogP contribution in [0.15, 0.2) is 30.3 Å². The monoisotopic (exact) mass is 762 g/mol. The van der Waals surface area contributed by atoms with Crippen molar-refractivity contribution in [3.63, 3.8) is 0 Å². The van der Waals surface area contributed by atoms with Gasteiger partial charge in [-0.15, -0.1) is 0 Å². The molecule has 0 unspecified atom stereocenters. The average Bonchev–Trinajstić information content (AvgIpc) is 3.17. The Labute approximate surface area is 326 Å². The van der Waals surface area contributed by atoms with Crippen LogP contribution in [0.5, 0.6) is 0 Å². The first-order chi connectivity index (χ1) is 26.3. The Morgan fingerprint density at radius 1 is 0.704 bits per heavy atom. The third-order valence-electron chi connectivity index (χ3n) is 10.5. The molecule has 54 heavy (non-hydrogen) atoms. The van der Waals surface area contributed by atoms with E-state index in [0.717, 1.165) is 43.4 Å². The SMILES string of the molecule is CCCCCCCCCCCCCCN(C(=O)CCCCCCCCCCC)[C@@H]1O[C@H](CO)[C@@H](O)[C@H](O)[C@H]1N(C(=O)CNC)C(=O)OCc1ccccc1. The van der Waals surface area contributed by atoms with Gasteiger partial charge in [0.1, 0.15) is 31.0 Å². The predicted octanol–water partition coefficient (Wildman–Crippen LogP) is 7.63. The number of likely N-dealkylation sites (N-methyl/N-ethyl adjacent to an activating group) is 1. The van der Waals surface area contributed by atoms with Crippen molar-refractivity contribution < 1.29 is 39.2 Å². The van der Waals surface area contributed by atoms with E-state index in [1.54, 1.807) is 31.3 Å². The molecule has 2 rings (SSSR count). The van der Waals surface area contributed by atoms with E-state index in [9.17, 15) is 29.7 Å². The molecule has 5 atom stereocenters. The summed E-state index contributed by atoms with van der Waals surface area (Å²) in [5.41, 5.74) is 0.703. The lowest BCUT2D eigenvalue weighted by Gasteiger charge is -2.49. The van der Waals surface area contributed by atoms with E-state index in [2.05, 4.69) is 19.2 Å². The number of carbonyl (C=O) groups is 3. The molecule has 3 amide bonds. The number of ether oxygens (including phenoxy) is 2. The number of amides is 3. The van der Waals surface area contributed by atoms with E-state index < -0.39 is 49.2 Å². The van der Waals surface area contributed by atoms with Crippen molar-refractivity contribution in [3.8, 4) is 0 Å². The van der Waals surface area contributed by atoms with Crippen molar-refractivity contribution in [2.24, 2.45) is 0 Å². The van der Waals surface area contributed by atoms with Crippen LogP contribution < -0.4 is 5.32 Å². The van der Waals surface area contributed by atoms with Crippen LogP contribution in [0.3, 0.4) is 0 Å². The molecule has 0 bridgehead atoms. The zero-order valence-corrected chi connectivity index (χ0v) is 33.9. The molecule has 4 N–H and O–H groups in total. The highest BCUT2D eigenvalue weighted by Crippen LogP contribution is 2.30. The van der Waals surface area contributed by atoms with E-state index in [-0.39, 0.29) is 32.0 Å². The molecule has 1 aliphatic heterocycles. The molecule has 11 heteroatoms. The van der Waals surface area contributed by atoms with Gasteiger partial charge in [-0.1, -0.05) is 166 Å². The number of carbonyl (C=O) groups excluding carboxylic acids is 3. The van der Waals surface area contributed by atoms with E-state index >= 15 is 0 Å². The van der Waals surface area contributed by atoms with Gasteiger partial charge in [0.05, 0.1) is 13.2 Å². The van der Waals surface area contributed by atoms with Crippen LogP contribution in [0, 0.1) is 0 Å². The van der Waals surface area contributed by atoms with Gasteiger partial charge >= 0.3 is 6.09 Å². The standard InChI is InChI=1S/C43H75N3O8/c1-4-6-8-10-12-14-15-16-18-20-22-27-31-45(37(48)30-26-21-19-17-13-11-9-7-5-2)42-39(41(51)40(50)36(33-47)54-42)46(38(49)32-44-3)43(52)53-34-35-28-24-23-25-29-35/h23-25,28-29,36,39-42,44,47,50-51H,4-22,26-27,30-34H2,1-3H3/t36-,39-,40-,41-,42-/m1/s1. The summed E-state index contributed by atoms with van der Waals surface area (Å²) in [5.74, 6) is -0.922. The fourth-order valence-corrected chi connectivity index (χ4v) is 7.28. The van der Waals surface area contributed by atoms with Crippen molar-refractivity contribution >= 4 is 17.9 Å². The molecule has 0 spiro atoms. The molecule has 1 saturated heterocycles. The molecule has 1 heterocycles. The summed E-state index contributed by atoms with van der Waals surface area (Å²) >= 11 is 0. The quantitative estimate of drug-likeness (QED) is 0.0581. The predicted molar refractivity (Wildman–Crippen MR) is 214 cm³/mol. The molecule has 0 radical (unpaired) electrons. The highest BCUT2D eigenvalue weighted by atomic mass is 16.6. The third kappa shape index (κ3) is 17.9. The number of aliphatic hydroxyl groups excluding tert-OH is 3. The van der Waals surface area contributed by atoms with Gasteiger partial charge in [-0.3, -0.25) is 9.59 Å². The average molecular weight is 762 g/mol. The number of unbranched alkanes of at least 4 members (excludes halogenated alkanes) is 19. The van der Waals surface area contributed by atoms with E-state index in [1.165, 1.54) is 88.4 Å². The third-order valence-corrected chi connectivity index (χ3v) is 10.5. The second-order valence-corrected chi connectivity index (χ2v) is 15.1. The van der Waals surface area contributed by atoms with E-state index in [1.807, 2.05) is 6.07 Å². The van der Waals surface area contributed by atoms with Crippen LogP contribution in [0.4, 0.5) is 4.79 Å². The van der Waals surface area contributed by atoms with Gasteiger partial charge in [-0.05, 0) is 25.5 Å². The lowest BCUT2D eigenvalue weighted by Crippen LogP contribution is -2.70. The second kappa shape index (κ2) is 29.7. The Morgan fingerprint density at radius 3 is 1.70 bits per heavy atom. The second-order valence-electron chi connectivity index (χ2n) is 15.1. The Morgan fingerprint density at radius 2 is 1.20 bits per heavy atom. The molecular formula is C43H75N3O8. The van der Waals surface area contributed by atoms with Crippen molar-refractivity contribution in [2.75, 3.05) is 26.7 Å². The first kappa shape index (κ1) is 47.6. The maximum atomic E-state index is 14.1. The highest BCUT2D eigenvalue weighted by molar-refractivity contribution is 5.93. The first-order valence-corrected chi connectivity index (χ1v) is 21.4. The summed E-state index contributed by atoms with van der Waals surface area (Å²) in [7, 11) is 1.56. The van der Waals surface area contributed by atoms with Crippen LogP contribution in [0.1, 0.15) is 161 Å². The van der Waals surface area contributed by atoms with Crippen LogP contribution in [0.2, 0.25) is 0 Å². The van der Waals surface area contributed by atoms with Crippen molar-refractivity contribution in [1.29, 1.82) is 0 Å². The van der Waals surface area contributed by atoms with Crippen LogP contribution in [0.25, 0.3) is 0 Å². The molecule has 1 aliphatic rings. The minimum atomic E-state index is -1.71. The van der Waals surface area contributed by atoms with Gasteiger partial charge in [0.2, 0.25) is 11.8 Å². The molecule has 0 aliphatic carbocycles. The largest absolute Gasteiger partial charge is 0.444 e. The highest BCUT2D eigenvalue weighted by Gasteiger charge is 2.53. The summed E-state index contributed by atoms with van der Waals surface area (Å²) in [6.45, 7) is 3.71. The molecule has 1 aromatic carbocycles. The maximum Gasteiger partial charge on any atom is 0.417 e. The molecule has 1 aromatic rings. The Bertz CT molecular complexity index is 1130. The summed E-state index contributed by atoms with van der Waals surface area (Å²) in [6, 6.07) is 7.54. The van der Waals surface area contributed by atoms with Crippen LogP contribution >= 0.6 is 0 Å². The topological polar surface area (TPSA) is 149 Å². The minimum Gasteiger partial charge on any atom is -0.444 e. The van der Waals surface area contributed by atoms with Crippen molar-refractivity contribution in [2.45, 2.75) is 192 Å². The number of nitrogens with one attached hydrogen (secondary N) is 1. The number of hydrogen-bond acceptors (Lipinski definition) is 9. The molecule has 0 saturated carbocycles. The maximum absolute atomic E-state index is 14.1. The first-order valence-electron chi connectivity index (χ1n) is 21.4. The lowest BCUT2D eigenvalue weighted by atomic mass is 9.93. The van der Waals surface area contributed by atoms with Crippen LogP contribution in [-0.2, 0) is 25.7 Å². The number of nitrogens with zero attached hydrogens (tertiary/aromatic N) is 2. The number of benzene rings is 1. The number of rotatable bonds is 30. The van der Waals surface area contributed by atoms with E-state index in [0.29, 0.717) is 18.4 Å². The number of imide groups is 1. The summed E-state index contributed by atoms with van der Waals surface area (Å²) in [4.78, 5) is 43.8. The van der Waals surface area contributed by atoms with Gasteiger partial charge in [-0.2, -0.15) is 0 Å². The summed E-state index contributed by atoms with van der Waals surface area (Å²) in [5, 5.41) is 35.5. The normalized spacial score (nSPS) is 19.8. The van der Waals surface area contributed by atoms with Crippen molar-refractivity contribution in [1.82, 2.24) is 15.1 Å². The van der Waals surface area contributed by atoms with Crippen molar-refractivity contribution in [3.05, 3.63) is 35.9 Å². The molecule has 1 fully saturated rings. The van der Waals surface area contributed by atoms with Gasteiger partial charge in [0, 0.05) is 13.0 Å². The van der Waals surface area contributed by atoms with Gasteiger partial charge in [0.15, 0.2) is 6.23 Å². The molecule has 310 valence electrons. The summed E-state index contributed by atoms with van der Waals surface area (Å²) in [6.07, 6.45) is 17.1. The van der Waals surface area contributed by atoms with E-state index in [4.69, 9.17) is 9.47 Å². The molecule has 0 aromatic heterocycles. The van der Waals surface area contributed by atoms with Gasteiger partial charge < -0.3 is 35.0 Å². The van der Waals surface area contributed by atoms with Gasteiger partial charge in [0.25, 0.3) is 0 Å². The fraction of sp³-hybridized carbons (Fsp3) is 0.791. The fourth-order valence-electron chi connectivity index (χ4n) is 7.28. The Hall–Kier alpha value is -2.57. The smallest absolute Gasteiger partial charge is 0.417 e. The summed E-state index contributed by atoms with van der Waals surface area (Å²) < 4.78 is 11.8. The van der Waals surface area contributed by atoms with Gasteiger partial charge in [-0.25, -0.2) is 9.69 Å². The molecular weight excluding hydrogens is 686 g/mol. The number of aliphatic hydroxyl groups is 3. The zero-order valence-electron chi connectivity index (χ0n) is 33.9.